The second kappa shape index (κ2) is 35.1. The van der Waals surface area contributed by atoms with Gasteiger partial charge >= 0.3 is 47.4 Å². The van der Waals surface area contributed by atoms with Gasteiger partial charge < -0.3 is 39.1 Å². The van der Waals surface area contributed by atoms with Crippen LogP contribution in [0.3, 0.4) is 0 Å². The molecule has 0 aliphatic carbocycles. The second-order valence-electron chi connectivity index (χ2n) is 14.3. The summed E-state index contributed by atoms with van der Waals surface area (Å²) >= 11 is 3.16. The maximum atomic E-state index is 13.3. The summed E-state index contributed by atoms with van der Waals surface area (Å²) in [5.74, 6) is 1.67. The number of esters is 2. The topological polar surface area (TPSA) is 214 Å². The van der Waals surface area contributed by atoms with Crippen LogP contribution >= 0.6 is 23.5 Å². The van der Waals surface area contributed by atoms with Gasteiger partial charge in [-0.05, 0) is 75.4 Å². The third-order valence-corrected chi connectivity index (χ3v) is 10.9. The molecule has 0 radical (unpaired) electrons. The van der Waals surface area contributed by atoms with Gasteiger partial charge in [0.15, 0.2) is 0 Å². The monoisotopic (exact) mass is 957 g/mol. The number of aromatic nitrogens is 3. The molecule has 0 aliphatic rings. The third kappa shape index (κ3) is 28.5. The van der Waals surface area contributed by atoms with Crippen LogP contribution in [0.15, 0.2) is 38.7 Å². The van der Waals surface area contributed by atoms with Gasteiger partial charge in [-0.3, -0.25) is 0 Å². The molecule has 0 bridgehead atoms. The SMILES string of the molecule is C=C(C)C(=O)OCCOCCNC(=O)OCCCCCCSCCCn1c(=O)n(CCCSCCCCCCOC(=O)NCCOCCOC(=O)C(=C)C)c(=O)n(CC(F)(F)F)c1=O. The number of unbranched alkanes of at least 4 members (excludes halogenated alkanes) is 6. The number of hydrogen-bond donors (Lipinski definition) is 2. The van der Waals surface area contributed by atoms with E-state index >= 15 is 0 Å². The molecule has 64 heavy (non-hydrogen) atoms. The zero-order valence-electron chi connectivity index (χ0n) is 37.1. The maximum absolute atomic E-state index is 13.3. The largest absolute Gasteiger partial charge is 0.460 e. The number of nitrogens with zero attached hydrogens (tertiary/aromatic N) is 3. The molecule has 0 atom stereocenters. The molecule has 23 heteroatoms. The zero-order chi connectivity index (χ0) is 47.6. The number of alkyl halides is 3. The minimum Gasteiger partial charge on any atom is -0.460 e. The fourth-order valence-corrected chi connectivity index (χ4v) is 7.16. The van der Waals surface area contributed by atoms with Crippen molar-refractivity contribution in [2.24, 2.45) is 0 Å². The van der Waals surface area contributed by atoms with Crippen LogP contribution in [0.2, 0.25) is 0 Å². The minimum absolute atomic E-state index is 0.0792. The van der Waals surface area contributed by atoms with E-state index in [9.17, 15) is 46.7 Å². The Hall–Kier alpha value is -4.22. The lowest BCUT2D eigenvalue weighted by Gasteiger charge is -2.15. The number of thioether (sulfide) groups is 2. The van der Waals surface area contributed by atoms with Crippen LogP contribution in [0.1, 0.15) is 78.1 Å². The lowest BCUT2D eigenvalue weighted by Crippen LogP contribution is -2.55. The van der Waals surface area contributed by atoms with Crippen molar-refractivity contribution in [3.05, 3.63) is 55.8 Å². The van der Waals surface area contributed by atoms with Crippen molar-refractivity contribution in [3.63, 3.8) is 0 Å². The van der Waals surface area contributed by atoms with Gasteiger partial charge in [0.05, 0.1) is 39.6 Å². The first-order valence-electron chi connectivity index (χ1n) is 21.3. The van der Waals surface area contributed by atoms with E-state index in [0.29, 0.717) is 57.5 Å². The van der Waals surface area contributed by atoms with Crippen LogP contribution in [-0.4, -0.2) is 133 Å². The molecule has 1 rings (SSSR count). The van der Waals surface area contributed by atoms with Gasteiger partial charge in [-0.2, -0.15) is 36.7 Å². The predicted octanol–water partition coefficient (Wildman–Crippen LogP) is 4.83. The maximum Gasteiger partial charge on any atom is 0.407 e. The van der Waals surface area contributed by atoms with Gasteiger partial charge in [0, 0.05) is 37.3 Å². The van der Waals surface area contributed by atoms with Gasteiger partial charge in [-0.25, -0.2) is 47.3 Å². The predicted molar refractivity (Wildman–Crippen MR) is 238 cm³/mol. The zero-order valence-corrected chi connectivity index (χ0v) is 38.7. The van der Waals surface area contributed by atoms with E-state index in [1.165, 1.54) is 0 Å². The van der Waals surface area contributed by atoms with Crippen LogP contribution in [0.25, 0.3) is 0 Å². The summed E-state index contributed by atoms with van der Waals surface area (Å²) in [6, 6.07) is 0. The van der Waals surface area contributed by atoms with Gasteiger partial charge in [0.1, 0.15) is 19.8 Å². The smallest absolute Gasteiger partial charge is 0.407 e. The molecule has 1 heterocycles. The molecule has 18 nitrogen and oxygen atoms in total. The van der Waals surface area contributed by atoms with E-state index in [1.54, 1.807) is 37.4 Å². The summed E-state index contributed by atoms with van der Waals surface area (Å²) in [5, 5.41) is 5.13. The molecular weight excluding hydrogens is 892 g/mol. The van der Waals surface area contributed by atoms with Gasteiger partial charge in [0.25, 0.3) is 0 Å². The third-order valence-electron chi connectivity index (χ3n) is 8.55. The number of hydrogen-bond acceptors (Lipinski definition) is 15. The Labute approximate surface area is 380 Å². The van der Waals surface area contributed by atoms with Gasteiger partial charge in [-0.1, -0.05) is 38.8 Å². The summed E-state index contributed by atoms with van der Waals surface area (Å²) in [6.07, 6.45) is 1.21. The molecule has 0 saturated heterocycles. The summed E-state index contributed by atoms with van der Waals surface area (Å²) in [7, 11) is 0. The van der Waals surface area contributed by atoms with E-state index in [-0.39, 0.29) is 83.6 Å². The van der Waals surface area contributed by atoms with Crippen LogP contribution in [0, 0.1) is 0 Å². The van der Waals surface area contributed by atoms with Crippen LogP contribution in [-0.2, 0) is 57.6 Å². The Bertz CT molecular complexity index is 1640. The number of alkyl carbamates (subject to hydrolysis) is 2. The normalized spacial score (nSPS) is 11.2. The van der Waals surface area contributed by atoms with Crippen molar-refractivity contribution >= 4 is 47.6 Å². The molecule has 1 aromatic heterocycles. The first-order valence-corrected chi connectivity index (χ1v) is 23.6. The average Bonchev–Trinajstić information content (AvgIpc) is 3.24. The Morgan fingerprint density at radius 3 is 1.28 bits per heavy atom. The number of carbonyl (C=O) groups is 4. The van der Waals surface area contributed by atoms with E-state index in [4.69, 9.17) is 28.4 Å². The highest BCUT2D eigenvalue weighted by molar-refractivity contribution is 7.99. The average molecular weight is 958 g/mol. The van der Waals surface area contributed by atoms with Crippen LogP contribution < -0.4 is 27.7 Å². The number of amides is 2. The van der Waals surface area contributed by atoms with Crippen molar-refractivity contribution in [1.82, 2.24) is 24.3 Å². The summed E-state index contributed by atoms with van der Waals surface area (Å²) in [5.41, 5.74) is -2.88. The molecule has 1 aromatic rings. The molecule has 0 spiro atoms. The highest BCUT2D eigenvalue weighted by atomic mass is 32.2. The minimum atomic E-state index is -4.84. The van der Waals surface area contributed by atoms with E-state index in [0.717, 1.165) is 50.0 Å². The fourth-order valence-electron chi connectivity index (χ4n) is 5.27. The first kappa shape index (κ1) is 57.8. The Balaban J connectivity index is 2.27. The number of rotatable bonds is 37. The van der Waals surface area contributed by atoms with Crippen molar-refractivity contribution in [2.45, 2.75) is 104 Å². The number of ether oxygens (including phenoxy) is 6. The lowest BCUT2D eigenvalue weighted by atomic mass is 10.2. The van der Waals surface area contributed by atoms with Gasteiger partial charge in [-0.15, -0.1) is 0 Å². The molecule has 366 valence electrons. The second-order valence-corrected chi connectivity index (χ2v) is 16.7. The molecule has 0 aromatic carbocycles. The summed E-state index contributed by atoms with van der Waals surface area (Å²) in [4.78, 5) is 85.1. The summed E-state index contributed by atoms with van der Waals surface area (Å²) in [6.45, 7) is 9.98. The standard InChI is InChI=1S/C41H66F3N5O13S2/c1-32(2)34(50)59-25-23-57-21-15-45-36(52)61-19-9-5-7-11-27-63-29-13-17-47-38(54)48(40(56)49(39(47)55)31-41(42,43)44)18-14-30-64-28-12-8-6-10-20-62-37(53)46-16-22-58-24-26-60-35(51)33(3)4/h1,3,5-31H2,2,4H3,(H,45,52)(H,46,53). The number of nitrogens with one attached hydrogen (secondary N) is 2. The highest BCUT2D eigenvalue weighted by Crippen LogP contribution is 2.15. The quantitative estimate of drug-likeness (QED) is 0.0396. The Morgan fingerprint density at radius 1 is 0.516 bits per heavy atom. The van der Waals surface area contributed by atoms with Crippen LogP contribution in [0.4, 0.5) is 22.8 Å². The molecule has 0 unspecified atom stereocenters. The molecule has 0 aliphatic heterocycles. The molecule has 2 amide bonds. The Kier molecular flexibility index (Phi) is 31.7. The van der Waals surface area contributed by atoms with Crippen molar-refractivity contribution in [3.8, 4) is 0 Å². The van der Waals surface area contributed by atoms with Crippen LogP contribution in [0.5, 0.6) is 0 Å². The van der Waals surface area contributed by atoms with E-state index < -0.39 is 53.9 Å². The van der Waals surface area contributed by atoms with E-state index in [1.807, 2.05) is 0 Å². The molecule has 2 N–H and O–H groups in total. The van der Waals surface area contributed by atoms with Crippen molar-refractivity contribution in [2.75, 3.05) is 89.0 Å². The highest BCUT2D eigenvalue weighted by Gasteiger charge is 2.31. The fraction of sp³-hybridized carbons (Fsp3) is 0.732. The van der Waals surface area contributed by atoms with Crippen molar-refractivity contribution < 1.29 is 60.8 Å². The first-order chi connectivity index (χ1) is 30.5. The molecule has 0 saturated carbocycles. The number of halogens is 3. The summed E-state index contributed by atoms with van der Waals surface area (Å²) < 4.78 is 72.1. The molecule has 0 fully saturated rings. The van der Waals surface area contributed by atoms with E-state index in [2.05, 4.69) is 23.8 Å². The lowest BCUT2D eigenvalue weighted by molar-refractivity contribution is -0.143. The van der Waals surface area contributed by atoms with Crippen molar-refractivity contribution in [1.29, 1.82) is 0 Å². The molecular formula is C41H66F3N5O13S2. The number of carbonyl (C=O) groups excluding carboxylic acids is 4. The Morgan fingerprint density at radius 2 is 0.891 bits per heavy atom. The van der Waals surface area contributed by atoms with Gasteiger partial charge in [0.2, 0.25) is 0 Å².